The van der Waals surface area contributed by atoms with Gasteiger partial charge in [0.05, 0.1) is 6.61 Å². The molecule has 0 rings (SSSR count). The van der Waals surface area contributed by atoms with Crippen LogP contribution in [0.5, 0.6) is 0 Å². The molecule has 9 heteroatoms. The Morgan fingerprint density at radius 1 is 0.481 bits per heavy atom. The van der Waals surface area contributed by atoms with Gasteiger partial charge in [-0.05, 0) is 38.5 Å². The Labute approximate surface area is 320 Å². The first-order valence-electron chi connectivity index (χ1n) is 22.0. The van der Waals surface area contributed by atoms with Crippen LogP contribution in [0.25, 0.3) is 0 Å². The molecule has 0 amide bonds. The van der Waals surface area contributed by atoms with Gasteiger partial charge in [-0.1, -0.05) is 193 Å². The van der Waals surface area contributed by atoms with E-state index in [2.05, 4.69) is 30.5 Å². The number of hydrogen-bond acceptors (Lipinski definition) is 6. The van der Waals surface area contributed by atoms with Gasteiger partial charge in [-0.15, -0.1) is 0 Å². The Hall–Kier alpha value is -1.21. The minimum Gasteiger partial charge on any atom is -0.462 e. The Morgan fingerprint density at radius 3 is 1.17 bits per heavy atom. The van der Waals surface area contributed by atoms with Gasteiger partial charge in [-0.25, -0.2) is 4.57 Å². The zero-order chi connectivity index (χ0) is 38.2. The van der Waals surface area contributed by atoms with Crippen LogP contribution in [-0.2, 0) is 28.2 Å². The molecule has 0 aliphatic carbocycles. The predicted molar refractivity (Wildman–Crippen MR) is 216 cm³/mol. The van der Waals surface area contributed by atoms with E-state index in [4.69, 9.17) is 19.3 Å². The van der Waals surface area contributed by atoms with Crippen molar-refractivity contribution in [1.29, 1.82) is 0 Å². The van der Waals surface area contributed by atoms with E-state index in [0.717, 1.165) is 38.5 Å². The van der Waals surface area contributed by atoms with Gasteiger partial charge in [-0.3, -0.25) is 14.1 Å². The van der Waals surface area contributed by atoms with Crippen molar-refractivity contribution in [2.24, 2.45) is 0 Å². The lowest BCUT2D eigenvalue weighted by Gasteiger charge is -2.18. The third-order valence-electron chi connectivity index (χ3n) is 9.78. The Balaban J connectivity index is 3.84. The zero-order valence-corrected chi connectivity index (χ0v) is 34.9. The summed E-state index contributed by atoms with van der Waals surface area (Å²) in [7, 11) is -4.75. The van der Waals surface area contributed by atoms with E-state index in [1.807, 2.05) is 0 Å². The van der Waals surface area contributed by atoms with Crippen molar-refractivity contribution in [3.8, 4) is 0 Å². The summed E-state index contributed by atoms with van der Waals surface area (Å²) in [6, 6.07) is 0. The molecule has 0 saturated carbocycles. The SMILES string of the molecule is CCCCCCCCCC/C=C\CCCCCCCCCCCC(=O)OC(COC(=O)CCCCCCCCCCCCCCC)COP(=O)(O)O. The first kappa shape index (κ1) is 50.8. The summed E-state index contributed by atoms with van der Waals surface area (Å²) in [4.78, 5) is 42.8. The number of phosphoric ester groups is 1. The van der Waals surface area contributed by atoms with Gasteiger partial charge in [-0.2, -0.15) is 0 Å². The van der Waals surface area contributed by atoms with Crippen LogP contribution >= 0.6 is 7.82 Å². The molecule has 0 aliphatic rings. The molecule has 0 aromatic rings. The van der Waals surface area contributed by atoms with Crippen molar-refractivity contribution >= 4 is 19.8 Å². The van der Waals surface area contributed by atoms with E-state index < -0.39 is 32.5 Å². The van der Waals surface area contributed by atoms with Gasteiger partial charge >= 0.3 is 19.8 Å². The quantitative estimate of drug-likeness (QED) is 0.0274. The van der Waals surface area contributed by atoms with E-state index in [0.29, 0.717) is 6.42 Å². The van der Waals surface area contributed by atoms with Crippen LogP contribution in [0.15, 0.2) is 12.2 Å². The molecule has 0 aliphatic heterocycles. The van der Waals surface area contributed by atoms with Gasteiger partial charge in [0, 0.05) is 12.8 Å². The number of allylic oxidation sites excluding steroid dienone is 2. The molecule has 0 aromatic heterocycles. The summed E-state index contributed by atoms with van der Waals surface area (Å²) in [6.07, 6.45) is 43.6. The highest BCUT2D eigenvalue weighted by Crippen LogP contribution is 2.36. The number of esters is 2. The fraction of sp³-hybridized carbons (Fsp3) is 0.907. The van der Waals surface area contributed by atoms with Crippen LogP contribution in [0.3, 0.4) is 0 Å². The van der Waals surface area contributed by atoms with Crippen LogP contribution < -0.4 is 0 Å². The minimum atomic E-state index is -4.75. The highest BCUT2D eigenvalue weighted by Gasteiger charge is 2.22. The summed E-state index contributed by atoms with van der Waals surface area (Å²) in [5.74, 6) is -0.875. The van der Waals surface area contributed by atoms with Crippen molar-refractivity contribution in [2.75, 3.05) is 13.2 Å². The van der Waals surface area contributed by atoms with Crippen LogP contribution in [0.1, 0.15) is 232 Å². The molecule has 8 nitrogen and oxygen atoms in total. The third-order valence-corrected chi connectivity index (χ3v) is 10.3. The highest BCUT2D eigenvalue weighted by molar-refractivity contribution is 7.46. The van der Waals surface area contributed by atoms with Crippen molar-refractivity contribution < 1.29 is 37.9 Å². The molecule has 0 saturated heterocycles. The Morgan fingerprint density at radius 2 is 0.808 bits per heavy atom. The number of rotatable bonds is 41. The number of carbonyl (C=O) groups excluding carboxylic acids is 2. The van der Waals surface area contributed by atoms with Gasteiger partial charge in [0.2, 0.25) is 0 Å². The van der Waals surface area contributed by atoms with Gasteiger partial charge in [0.25, 0.3) is 0 Å². The first-order valence-corrected chi connectivity index (χ1v) is 23.5. The number of carbonyl (C=O) groups is 2. The lowest BCUT2D eigenvalue weighted by atomic mass is 10.0. The lowest BCUT2D eigenvalue weighted by Crippen LogP contribution is -2.29. The normalized spacial score (nSPS) is 12.5. The fourth-order valence-electron chi connectivity index (χ4n) is 6.49. The molecule has 0 aromatic carbocycles. The van der Waals surface area contributed by atoms with Crippen molar-refractivity contribution in [2.45, 2.75) is 238 Å². The Bertz CT molecular complexity index is 858. The summed E-state index contributed by atoms with van der Waals surface area (Å²) < 4.78 is 26.4. The predicted octanol–water partition coefficient (Wildman–Crippen LogP) is 13.4. The molecule has 1 unspecified atom stereocenters. The largest absolute Gasteiger partial charge is 0.469 e. The van der Waals surface area contributed by atoms with Crippen molar-refractivity contribution in [1.82, 2.24) is 0 Å². The average molecular weight is 759 g/mol. The molecule has 0 spiro atoms. The number of ether oxygens (including phenoxy) is 2. The minimum absolute atomic E-state index is 0.214. The third kappa shape index (κ3) is 41.5. The molecule has 52 heavy (non-hydrogen) atoms. The second-order valence-corrected chi connectivity index (χ2v) is 16.3. The first-order chi connectivity index (χ1) is 25.3. The molecule has 0 heterocycles. The topological polar surface area (TPSA) is 119 Å². The number of unbranched alkanes of at least 4 members (excludes halogenated alkanes) is 29. The standard InChI is InChI=1S/C43H83O8P/c1-3-5-7-9-11-13-15-17-18-19-20-21-22-23-24-26-28-30-32-34-36-38-43(45)51-41(40-50-52(46,47)48)39-49-42(44)37-35-33-31-29-27-25-16-14-12-10-8-6-4-2/h19-20,41H,3-18,21-40H2,1-2H3,(H2,46,47,48)/b20-19-. The smallest absolute Gasteiger partial charge is 0.462 e. The second kappa shape index (κ2) is 39.5. The highest BCUT2D eigenvalue weighted by atomic mass is 31.2. The average Bonchev–Trinajstić information content (AvgIpc) is 3.11. The molecular formula is C43H83O8P. The van der Waals surface area contributed by atoms with Crippen LogP contribution in [-0.4, -0.2) is 41.0 Å². The number of phosphoric acid groups is 1. The second-order valence-electron chi connectivity index (χ2n) is 15.0. The Kier molecular flexibility index (Phi) is 38.6. The molecule has 0 bridgehead atoms. The van der Waals surface area contributed by atoms with E-state index in [1.165, 1.54) is 161 Å². The summed E-state index contributed by atoms with van der Waals surface area (Å²) >= 11 is 0. The maximum absolute atomic E-state index is 12.4. The van der Waals surface area contributed by atoms with Gasteiger partial charge < -0.3 is 19.3 Å². The fourth-order valence-corrected chi connectivity index (χ4v) is 6.85. The van der Waals surface area contributed by atoms with Gasteiger partial charge in [0.1, 0.15) is 6.61 Å². The molecule has 0 fully saturated rings. The molecular weight excluding hydrogens is 675 g/mol. The summed E-state index contributed by atoms with van der Waals surface area (Å²) in [5.41, 5.74) is 0. The summed E-state index contributed by atoms with van der Waals surface area (Å²) in [6.45, 7) is 3.71. The van der Waals surface area contributed by atoms with Gasteiger partial charge in [0.15, 0.2) is 6.10 Å². The lowest BCUT2D eigenvalue weighted by molar-refractivity contribution is -0.161. The van der Waals surface area contributed by atoms with Crippen molar-refractivity contribution in [3.05, 3.63) is 12.2 Å². The van der Waals surface area contributed by atoms with E-state index >= 15 is 0 Å². The maximum Gasteiger partial charge on any atom is 0.469 e. The van der Waals surface area contributed by atoms with E-state index in [1.54, 1.807) is 0 Å². The van der Waals surface area contributed by atoms with Crippen LogP contribution in [0, 0.1) is 0 Å². The van der Waals surface area contributed by atoms with E-state index in [-0.39, 0.29) is 19.4 Å². The molecule has 1 atom stereocenters. The monoisotopic (exact) mass is 759 g/mol. The van der Waals surface area contributed by atoms with Crippen molar-refractivity contribution in [3.63, 3.8) is 0 Å². The van der Waals surface area contributed by atoms with Crippen LogP contribution in [0.4, 0.5) is 0 Å². The molecule has 0 radical (unpaired) electrons. The van der Waals surface area contributed by atoms with Crippen LogP contribution in [0.2, 0.25) is 0 Å². The molecule has 308 valence electrons. The zero-order valence-electron chi connectivity index (χ0n) is 34.0. The summed E-state index contributed by atoms with van der Waals surface area (Å²) in [5, 5.41) is 0. The molecule has 2 N–H and O–H groups in total. The van der Waals surface area contributed by atoms with E-state index in [9.17, 15) is 14.2 Å². The number of hydrogen-bond donors (Lipinski definition) is 2. The maximum atomic E-state index is 12.4.